The number of carbonyl (C=O) groups excluding carboxylic acids is 1. The maximum absolute atomic E-state index is 12.5. The average Bonchev–Trinajstić information content (AvgIpc) is 2.95. The van der Waals surface area contributed by atoms with Crippen molar-refractivity contribution in [1.82, 2.24) is 15.0 Å². The van der Waals surface area contributed by atoms with E-state index >= 15 is 0 Å². The van der Waals surface area contributed by atoms with Gasteiger partial charge in [-0.3, -0.25) is 4.79 Å². The fourth-order valence-electron chi connectivity index (χ4n) is 2.92. The van der Waals surface area contributed by atoms with Crippen molar-refractivity contribution in [3.05, 3.63) is 68.7 Å². The number of aromatic nitrogens is 3. The van der Waals surface area contributed by atoms with Crippen molar-refractivity contribution in [3.63, 3.8) is 0 Å². The van der Waals surface area contributed by atoms with E-state index in [1.54, 1.807) is 13.0 Å². The molecule has 136 valence electrons. The van der Waals surface area contributed by atoms with Crippen molar-refractivity contribution in [3.8, 4) is 0 Å². The Bertz CT molecular complexity index is 1240. The van der Waals surface area contributed by atoms with Crippen LogP contribution in [0.4, 0.5) is 0 Å². The number of para-hydroxylation sites is 1. The molecule has 7 heteroatoms. The normalized spacial score (nSPS) is 12.4. The molecule has 0 unspecified atom stereocenters. The Balaban J connectivity index is 1.62. The molecule has 1 atom stereocenters. The first-order chi connectivity index (χ1) is 12.9. The van der Waals surface area contributed by atoms with Gasteiger partial charge in [-0.05, 0) is 38.5 Å². The molecule has 4 rings (SSSR count). The highest BCUT2D eigenvalue weighted by Crippen LogP contribution is 2.27. The molecule has 0 aliphatic rings. The van der Waals surface area contributed by atoms with E-state index in [9.17, 15) is 9.59 Å². The molecule has 0 saturated carbocycles. The number of hydrogen-bond donors (Lipinski definition) is 1. The number of esters is 1. The Hall–Kier alpha value is -3.06. The standard InChI is InChI=1S/C20H17N3O3S/c1-10-12(3)27-19-16(10)18(24)22-17(23-19)11(2)26-20(25)15-9-8-13-6-4-5-7-14(13)21-15/h4-9,11H,1-3H3,(H,22,23,24)/t11-/m0/s1. The van der Waals surface area contributed by atoms with E-state index in [-0.39, 0.29) is 11.3 Å². The van der Waals surface area contributed by atoms with E-state index in [1.807, 2.05) is 44.2 Å². The molecule has 0 fully saturated rings. The lowest BCUT2D eigenvalue weighted by Crippen LogP contribution is -2.17. The molecule has 0 aliphatic heterocycles. The number of ether oxygens (including phenoxy) is 1. The molecule has 0 amide bonds. The number of nitrogens with zero attached hydrogens (tertiary/aromatic N) is 2. The van der Waals surface area contributed by atoms with E-state index in [1.165, 1.54) is 11.3 Å². The Morgan fingerprint density at radius 2 is 1.93 bits per heavy atom. The SMILES string of the molecule is Cc1sc2nc([C@H](C)OC(=O)c3ccc4ccccc4n3)[nH]c(=O)c2c1C. The summed E-state index contributed by atoms with van der Waals surface area (Å²) in [4.78, 5) is 38.1. The number of thiophene rings is 1. The van der Waals surface area contributed by atoms with Crippen LogP contribution in [0.5, 0.6) is 0 Å². The van der Waals surface area contributed by atoms with Crippen molar-refractivity contribution in [2.75, 3.05) is 0 Å². The largest absolute Gasteiger partial charge is 0.450 e. The lowest BCUT2D eigenvalue weighted by atomic mass is 10.2. The predicted octanol–water partition coefficient (Wildman–Crippen LogP) is 4.07. The van der Waals surface area contributed by atoms with Crippen molar-refractivity contribution in [1.29, 1.82) is 0 Å². The molecular weight excluding hydrogens is 362 g/mol. The number of aryl methyl sites for hydroxylation is 2. The molecule has 3 heterocycles. The molecule has 27 heavy (non-hydrogen) atoms. The van der Waals surface area contributed by atoms with Gasteiger partial charge in [0.25, 0.3) is 5.56 Å². The van der Waals surface area contributed by atoms with Gasteiger partial charge in [0.1, 0.15) is 10.5 Å². The van der Waals surface area contributed by atoms with Crippen LogP contribution >= 0.6 is 11.3 Å². The Labute approximate surface area is 158 Å². The maximum Gasteiger partial charge on any atom is 0.357 e. The van der Waals surface area contributed by atoms with Gasteiger partial charge in [0, 0.05) is 10.3 Å². The smallest absolute Gasteiger partial charge is 0.357 e. The van der Waals surface area contributed by atoms with Gasteiger partial charge in [-0.1, -0.05) is 24.3 Å². The van der Waals surface area contributed by atoms with Crippen molar-refractivity contribution in [2.24, 2.45) is 0 Å². The fraction of sp³-hybridized carbons (Fsp3) is 0.200. The highest BCUT2D eigenvalue weighted by molar-refractivity contribution is 7.18. The van der Waals surface area contributed by atoms with Crippen LogP contribution in [0.25, 0.3) is 21.1 Å². The first kappa shape index (κ1) is 17.4. The first-order valence-corrected chi connectivity index (χ1v) is 9.32. The number of pyridine rings is 1. The highest BCUT2D eigenvalue weighted by Gasteiger charge is 2.19. The molecule has 0 bridgehead atoms. The van der Waals surface area contributed by atoms with Gasteiger partial charge in [-0.15, -0.1) is 11.3 Å². The lowest BCUT2D eigenvalue weighted by Gasteiger charge is -2.12. The quantitative estimate of drug-likeness (QED) is 0.543. The second-order valence-corrected chi connectivity index (χ2v) is 7.55. The van der Waals surface area contributed by atoms with E-state index in [0.29, 0.717) is 16.0 Å². The minimum Gasteiger partial charge on any atom is -0.450 e. The number of benzene rings is 1. The molecule has 0 aliphatic carbocycles. The number of fused-ring (bicyclic) bond motifs is 2. The summed E-state index contributed by atoms with van der Waals surface area (Å²) in [6, 6.07) is 11.0. The fourth-order valence-corrected chi connectivity index (χ4v) is 3.96. The van der Waals surface area contributed by atoms with Crippen LogP contribution in [0, 0.1) is 13.8 Å². The second-order valence-electron chi connectivity index (χ2n) is 6.35. The van der Waals surface area contributed by atoms with Gasteiger partial charge < -0.3 is 9.72 Å². The van der Waals surface area contributed by atoms with E-state index in [2.05, 4.69) is 15.0 Å². The van der Waals surface area contributed by atoms with Crippen LogP contribution in [0.3, 0.4) is 0 Å². The lowest BCUT2D eigenvalue weighted by molar-refractivity contribution is 0.0313. The molecule has 6 nitrogen and oxygen atoms in total. The predicted molar refractivity (Wildman–Crippen MR) is 105 cm³/mol. The molecule has 1 aromatic carbocycles. The summed E-state index contributed by atoms with van der Waals surface area (Å²) < 4.78 is 5.48. The molecular formula is C20H17N3O3S. The van der Waals surface area contributed by atoms with E-state index in [0.717, 1.165) is 21.3 Å². The summed E-state index contributed by atoms with van der Waals surface area (Å²) in [5.74, 6) is -0.238. The third kappa shape index (κ3) is 3.10. The Morgan fingerprint density at radius 1 is 1.15 bits per heavy atom. The second kappa shape index (κ2) is 6.59. The zero-order valence-corrected chi connectivity index (χ0v) is 15.9. The third-order valence-corrected chi connectivity index (χ3v) is 5.63. The van der Waals surface area contributed by atoms with Crippen LogP contribution in [-0.2, 0) is 4.74 Å². The van der Waals surface area contributed by atoms with Gasteiger partial charge in [0.05, 0.1) is 10.9 Å². The maximum atomic E-state index is 12.5. The third-order valence-electron chi connectivity index (χ3n) is 4.53. The Kier molecular flexibility index (Phi) is 4.24. The van der Waals surface area contributed by atoms with Crippen molar-refractivity contribution < 1.29 is 9.53 Å². The first-order valence-electron chi connectivity index (χ1n) is 8.50. The van der Waals surface area contributed by atoms with Gasteiger partial charge in [0.2, 0.25) is 0 Å². The van der Waals surface area contributed by atoms with Gasteiger partial charge in [-0.2, -0.15) is 0 Å². The van der Waals surface area contributed by atoms with Crippen LogP contribution in [0.1, 0.15) is 39.8 Å². The highest BCUT2D eigenvalue weighted by atomic mass is 32.1. The van der Waals surface area contributed by atoms with Crippen molar-refractivity contribution in [2.45, 2.75) is 26.9 Å². The molecule has 3 aromatic heterocycles. The number of carbonyl (C=O) groups is 1. The number of rotatable bonds is 3. The summed E-state index contributed by atoms with van der Waals surface area (Å²) in [6.07, 6.45) is -0.703. The molecule has 0 radical (unpaired) electrons. The van der Waals surface area contributed by atoms with Crippen LogP contribution < -0.4 is 5.56 Å². The number of aromatic amines is 1. The Morgan fingerprint density at radius 3 is 2.74 bits per heavy atom. The summed E-state index contributed by atoms with van der Waals surface area (Å²) in [5, 5.41) is 1.54. The summed E-state index contributed by atoms with van der Waals surface area (Å²) >= 11 is 1.46. The van der Waals surface area contributed by atoms with Crippen LogP contribution in [0.2, 0.25) is 0 Å². The van der Waals surface area contributed by atoms with E-state index < -0.39 is 12.1 Å². The topological polar surface area (TPSA) is 84.9 Å². The van der Waals surface area contributed by atoms with Gasteiger partial charge in [-0.25, -0.2) is 14.8 Å². The number of nitrogens with one attached hydrogen (secondary N) is 1. The molecule has 0 spiro atoms. The van der Waals surface area contributed by atoms with E-state index in [4.69, 9.17) is 4.74 Å². The zero-order valence-electron chi connectivity index (χ0n) is 15.1. The number of hydrogen-bond acceptors (Lipinski definition) is 6. The molecule has 4 aromatic rings. The monoisotopic (exact) mass is 379 g/mol. The van der Waals surface area contributed by atoms with Crippen LogP contribution in [-0.4, -0.2) is 20.9 Å². The summed E-state index contributed by atoms with van der Waals surface area (Å²) in [7, 11) is 0. The average molecular weight is 379 g/mol. The zero-order chi connectivity index (χ0) is 19.1. The number of H-pyrrole nitrogens is 1. The van der Waals surface area contributed by atoms with Crippen LogP contribution in [0.15, 0.2) is 41.2 Å². The van der Waals surface area contributed by atoms with Crippen molar-refractivity contribution >= 4 is 38.4 Å². The minimum atomic E-state index is -0.703. The van der Waals surface area contributed by atoms with Gasteiger partial charge >= 0.3 is 5.97 Å². The minimum absolute atomic E-state index is 0.215. The van der Waals surface area contributed by atoms with Gasteiger partial charge in [0.15, 0.2) is 11.9 Å². The summed E-state index contributed by atoms with van der Waals surface area (Å²) in [6.45, 7) is 5.53. The molecule has 1 N–H and O–H groups in total. The summed E-state index contributed by atoms with van der Waals surface area (Å²) in [5.41, 5.74) is 1.65. The molecule has 0 saturated heterocycles.